The predicted molar refractivity (Wildman–Crippen MR) is 95.3 cm³/mol. The molecule has 0 radical (unpaired) electrons. The molecule has 24 heavy (non-hydrogen) atoms. The fourth-order valence-electron chi connectivity index (χ4n) is 3.06. The lowest BCUT2D eigenvalue weighted by atomic mass is 9.78. The molecule has 0 bridgehead atoms. The third-order valence-electron chi connectivity index (χ3n) is 4.89. The van der Waals surface area contributed by atoms with Crippen molar-refractivity contribution >= 4 is 18.0 Å². The van der Waals surface area contributed by atoms with Crippen molar-refractivity contribution in [2.75, 3.05) is 6.61 Å². The number of amides is 1. The lowest BCUT2D eigenvalue weighted by molar-refractivity contribution is -0.144. The second-order valence-corrected chi connectivity index (χ2v) is 6.79. The molecule has 0 saturated heterocycles. The molecule has 2 rings (SSSR count). The standard InChI is InChI=1S/C20H27NO3/c1-14-7-9-17(10-8-14)11-12-20(23)24-13-19(22)21-18-6-4-5-15(2)16(18)3/h7-12,15-16,18H,4-6,13H2,1-3H3,(H,21,22)/b12-11+/t15-,16-,18-/m0/s1. The molecular weight excluding hydrogens is 302 g/mol. The monoisotopic (exact) mass is 329 g/mol. The summed E-state index contributed by atoms with van der Waals surface area (Å²) in [7, 11) is 0. The summed E-state index contributed by atoms with van der Waals surface area (Å²) < 4.78 is 5.02. The molecule has 0 aromatic heterocycles. The van der Waals surface area contributed by atoms with Gasteiger partial charge in [0.2, 0.25) is 0 Å². The maximum atomic E-state index is 12.0. The van der Waals surface area contributed by atoms with E-state index in [0.29, 0.717) is 11.8 Å². The minimum absolute atomic E-state index is 0.183. The first kappa shape index (κ1) is 18.2. The van der Waals surface area contributed by atoms with Crippen LogP contribution in [0.2, 0.25) is 0 Å². The largest absolute Gasteiger partial charge is 0.452 e. The average molecular weight is 329 g/mol. The molecule has 1 amide bonds. The first-order valence-electron chi connectivity index (χ1n) is 8.66. The summed E-state index contributed by atoms with van der Waals surface area (Å²) in [6, 6.07) is 7.99. The van der Waals surface area contributed by atoms with Gasteiger partial charge in [-0.15, -0.1) is 0 Å². The molecule has 0 aliphatic heterocycles. The molecule has 0 unspecified atom stereocenters. The summed E-state index contributed by atoms with van der Waals surface area (Å²) in [6.07, 6.45) is 6.38. The van der Waals surface area contributed by atoms with Gasteiger partial charge in [0.25, 0.3) is 5.91 Å². The number of rotatable bonds is 5. The van der Waals surface area contributed by atoms with Crippen molar-refractivity contribution in [2.45, 2.75) is 46.1 Å². The number of ether oxygens (including phenoxy) is 1. The highest BCUT2D eigenvalue weighted by molar-refractivity contribution is 5.89. The molecule has 130 valence electrons. The van der Waals surface area contributed by atoms with Crippen LogP contribution in [-0.4, -0.2) is 24.5 Å². The van der Waals surface area contributed by atoms with E-state index >= 15 is 0 Å². The molecular formula is C20H27NO3. The maximum absolute atomic E-state index is 12.0. The summed E-state index contributed by atoms with van der Waals surface area (Å²) in [6.45, 7) is 6.17. The normalized spacial score (nSPS) is 23.9. The van der Waals surface area contributed by atoms with Gasteiger partial charge in [0, 0.05) is 12.1 Å². The van der Waals surface area contributed by atoms with Crippen LogP contribution in [0.25, 0.3) is 6.08 Å². The topological polar surface area (TPSA) is 55.4 Å². The smallest absolute Gasteiger partial charge is 0.331 e. The van der Waals surface area contributed by atoms with Gasteiger partial charge in [-0.3, -0.25) is 4.79 Å². The molecule has 0 spiro atoms. The fraction of sp³-hybridized carbons (Fsp3) is 0.500. The molecule has 1 aliphatic carbocycles. The third-order valence-corrected chi connectivity index (χ3v) is 4.89. The lowest BCUT2D eigenvalue weighted by Crippen LogP contribution is -2.45. The molecule has 4 heteroatoms. The molecule has 1 aliphatic rings. The van der Waals surface area contributed by atoms with Crippen LogP contribution in [0.1, 0.15) is 44.2 Å². The Morgan fingerprint density at radius 2 is 1.92 bits per heavy atom. The average Bonchev–Trinajstić information content (AvgIpc) is 2.56. The Balaban J connectivity index is 1.74. The van der Waals surface area contributed by atoms with Gasteiger partial charge in [0.1, 0.15) is 0 Å². The number of esters is 1. The highest BCUT2D eigenvalue weighted by Crippen LogP contribution is 2.29. The van der Waals surface area contributed by atoms with Gasteiger partial charge in [-0.1, -0.05) is 56.5 Å². The zero-order valence-electron chi connectivity index (χ0n) is 14.7. The Kier molecular flexibility index (Phi) is 6.59. The highest BCUT2D eigenvalue weighted by Gasteiger charge is 2.28. The third kappa shape index (κ3) is 5.52. The first-order valence-corrected chi connectivity index (χ1v) is 8.66. The SMILES string of the molecule is Cc1ccc(/C=C/C(=O)OCC(=O)N[C@H]2CCC[C@H](C)[C@@H]2C)cc1. The Morgan fingerprint density at radius 1 is 1.21 bits per heavy atom. The Morgan fingerprint density at radius 3 is 2.62 bits per heavy atom. The number of hydrogen-bond donors (Lipinski definition) is 1. The van der Waals surface area contributed by atoms with Gasteiger partial charge in [0.15, 0.2) is 6.61 Å². The lowest BCUT2D eigenvalue weighted by Gasteiger charge is -2.34. The van der Waals surface area contributed by atoms with Crippen molar-refractivity contribution in [3.8, 4) is 0 Å². The van der Waals surface area contributed by atoms with Crippen molar-refractivity contribution in [3.63, 3.8) is 0 Å². The molecule has 3 atom stereocenters. The van der Waals surface area contributed by atoms with Gasteiger partial charge < -0.3 is 10.1 Å². The molecule has 1 saturated carbocycles. The van der Waals surface area contributed by atoms with Gasteiger partial charge in [-0.25, -0.2) is 4.79 Å². The van der Waals surface area contributed by atoms with Gasteiger partial charge in [-0.2, -0.15) is 0 Å². The molecule has 4 nitrogen and oxygen atoms in total. The maximum Gasteiger partial charge on any atom is 0.331 e. The van der Waals surface area contributed by atoms with E-state index in [1.165, 1.54) is 12.5 Å². The number of carbonyl (C=O) groups is 2. The molecule has 1 aromatic carbocycles. The second-order valence-electron chi connectivity index (χ2n) is 6.79. The molecule has 1 aromatic rings. The Hall–Kier alpha value is -2.10. The summed E-state index contributed by atoms with van der Waals surface area (Å²) >= 11 is 0. The van der Waals surface area contributed by atoms with Crippen molar-refractivity contribution in [1.29, 1.82) is 0 Å². The quantitative estimate of drug-likeness (QED) is 0.664. The first-order chi connectivity index (χ1) is 11.5. The van der Waals surface area contributed by atoms with E-state index in [2.05, 4.69) is 19.2 Å². The van der Waals surface area contributed by atoms with E-state index < -0.39 is 5.97 Å². The van der Waals surface area contributed by atoms with E-state index in [1.54, 1.807) is 6.08 Å². The minimum atomic E-state index is -0.504. The van der Waals surface area contributed by atoms with Crippen LogP contribution in [0, 0.1) is 18.8 Å². The zero-order chi connectivity index (χ0) is 17.5. The molecule has 1 fully saturated rings. The summed E-state index contributed by atoms with van der Waals surface area (Å²) in [5.41, 5.74) is 2.09. The van der Waals surface area contributed by atoms with Crippen molar-refractivity contribution < 1.29 is 14.3 Å². The number of aryl methyl sites for hydroxylation is 1. The van der Waals surface area contributed by atoms with Crippen LogP contribution in [-0.2, 0) is 14.3 Å². The number of nitrogens with one attached hydrogen (secondary N) is 1. The van der Waals surface area contributed by atoms with Crippen LogP contribution in [0.15, 0.2) is 30.3 Å². The van der Waals surface area contributed by atoms with Crippen LogP contribution >= 0.6 is 0 Å². The van der Waals surface area contributed by atoms with Crippen molar-refractivity contribution in [1.82, 2.24) is 5.32 Å². The van der Waals surface area contributed by atoms with Crippen molar-refractivity contribution in [2.24, 2.45) is 11.8 Å². The van der Waals surface area contributed by atoms with Gasteiger partial charge >= 0.3 is 5.97 Å². The second kappa shape index (κ2) is 8.67. The fourth-order valence-corrected chi connectivity index (χ4v) is 3.06. The minimum Gasteiger partial charge on any atom is -0.452 e. The van der Waals surface area contributed by atoms with Crippen LogP contribution in [0.3, 0.4) is 0 Å². The van der Waals surface area contributed by atoms with E-state index in [1.807, 2.05) is 31.2 Å². The number of benzene rings is 1. The number of hydrogen-bond acceptors (Lipinski definition) is 3. The predicted octanol–water partition coefficient (Wildman–Crippen LogP) is 3.49. The summed E-state index contributed by atoms with van der Waals surface area (Å²) in [5.74, 6) is 0.345. The molecule has 1 N–H and O–H groups in total. The van der Waals surface area contributed by atoms with E-state index in [-0.39, 0.29) is 18.6 Å². The van der Waals surface area contributed by atoms with Crippen LogP contribution in [0.4, 0.5) is 0 Å². The van der Waals surface area contributed by atoms with E-state index in [0.717, 1.165) is 24.0 Å². The summed E-state index contributed by atoms with van der Waals surface area (Å²) in [5, 5.41) is 2.99. The highest BCUT2D eigenvalue weighted by atomic mass is 16.5. The van der Waals surface area contributed by atoms with E-state index in [9.17, 15) is 9.59 Å². The number of carbonyl (C=O) groups excluding carboxylic acids is 2. The van der Waals surface area contributed by atoms with Crippen LogP contribution < -0.4 is 5.32 Å². The zero-order valence-corrected chi connectivity index (χ0v) is 14.7. The van der Waals surface area contributed by atoms with Gasteiger partial charge in [-0.05, 0) is 36.8 Å². The Labute approximate surface area is 144 Å². The van der Waals surface area contributed by atoms with E-state index in [4.69, 9.17) is 4.74 Å². The van der Waals surface area contributed by atoms with Crippen LogP contribution in [0.5, 0.6) is 0 Å². The Bertz CT molecular complexity index is 591. The van der Waals surface area contributed by atoms with Crippen molar-refractivity contribution in [3.05, 3.63) is 41.5 Å². The van der Waals surface area contributed by atoms with Gasteiger partial charge in [0.05, 0.1) is 0 Å². The molecule has 0 heterocycles. The summed E-state index contributed by atoms with van der Waals surface area (Å²) in [4.78, 5) is 23.7.